The SMILES string of the molecule is NC(=O)N1CCCN(Cc2nccc3c2CCCC3)CC1. The number of fused-ring (bicyclic) bond motifs is 1. The lowest BCUT2D eigenvalue weighted by molar-refractivity contribution is 0.207. The molecule has 5 nitrogen and oxygen atoms in total. The first kappa shape index (κ1) is 14.3. The molecule has 0 saturated carbocycles. The summed E-state index contributed by atoms with van der Waals surface area (Å²) in [5.74, 6) is 0. The normalized spacial score (nSPS) is 19.9. The standard InChI is InChI=1S/C16H24N4O/c17-16(21)20-9-3-8-19(10-11-20)12-15-14-5-2-1-4-13(14)6-7-18-15/h6-7H,1-5,8-12H2,(H2,17,21). The lowest BCUT2D eigenvalue weighted by Crippen LogP contribution is -2.38. The fourth-order valence-electron chi connectivity index (χ4n) is 3.43. The molecule has 0 aromatic carbocycles. The summed E-state index contributed by atoms with van der Waals surface area (Å²) >= 11 is 0. The molecule has 114 valence electrons. The summed E-state index contributed by atoms with van der Waals surface area (Å²) in [6.45, 7) is 4.29. The van der Waals surface area contributed by atoms with E-state index in [1.165, 1.54) is 42.5 Å². The highest BCUT2D eigenvalue weighted by atomic mass is 16.2. The highest BCUT2D eigenvalue weighted by molar-refractivity contribution is 5.71. The number of nitrogens with zero attached hydrogens (tertiary/aromatic N) is 3. The van der Waals surface area contributed by atoms with E-state index >= 15 is 0 Å². The quantitative estimate of drug-likeness (QED) is 0.898. The Morgan fingerprint density at radius 3 is 2.86 bits per heavy atom. The molecule has 5 heteroatoms. The maximum absolute atomic E-state index is 11.3. The van der Waals surface area contributed by atoms with Gasteiger partial charge in [-0.25, -0.2) is 4.79 Å². The van der Waals surface area contributed by atoms with Gasteiger partial charge in [-0.3, -0.25) is 9.88 Å². The Morgan fingerprint density at radius 1 is 1.14 bits per heavy atom. The predicted octanol–water partition coefficient (Wildman–Crippen LogP) is 1.55. The molecule has 1 aliphatic carbocycles. The van der Waals surface area contributed by atoms with Crippen LogP contribution in [0.15, 0.2) is 12.3 Å². The molecule has 0 spiro atoms. The van der Waals surface area contributed by atoms with E-state index in [-0.39, 0.29) is 6.03 Å². The van der Waals surface area contributed by atoms with Gasteiger partial charge in [-0.1, -0.05) is 0 Å². The van der Waals surface area contributed by atoms with Crippen LogP contribution < -0.4 is 5.73 Å². The average Bonchev–Trinajstić information content (AvgIpc) is 2.73. The van der Waals surface area contributed by atoms with Crippen molar-refractivity contribution >= 4 is 6.03 Å². The summed E-state index contributed by atoms with van der Waals surface area (Å²) in [6, 6.07) is 1.88. The minimum Gasteiger partial charge on any atom is -0.351 e. The van der Waals surface area contributed by atoms with Crippen molar-refractivity contribution in [1.29, 1.82) is 0 Å². The predicted molar refractivity (Wildman–Crippen MR) is 81.9 cm³/mol. The van der Waals surface area contributed by atoms with Crippen molar-refractivity contribution in [3.63, 3.8) is 0 Å². The first-order valence-corrected chi connectivity index (χ1v) is 7.96. The van der Waals surface area contributed by atoms with E-state index in [9.17, 15) is 4.79 Å². The second-order valence-corrected chi connectivity index (χ2v) is 6.06. The molecule has 2 amide bonds. The molecule has 0 radical (unpaired) electrons. The largest absolute Gasteiger partial charge is 0.351 e. The summed E-state index contributed by atoms with van der Waals surface area (Å²) in [6.07, 6.45) is 7.87. The second-order valence-electron chi connectivity index (χ2n) is 6.06. The van der Waals surface area contributed by atoms with Crippen molar-refractivity contribution in [1.82, 2.24) is 14.8 Å². The molecular weight excluding hydrogens is 264 g/mol. The number of primary amides is 1. The van der Waals surface area contributed by atoms with Gasteiger partial charge in [-0.15, -0.1) is 0 Å². The Morgan fingerprint density at radius 2 is 2.00 bits per heavy atom. The smallest absolute Gasteiger partial charge is 0.314 e. The van der Waals surface area contributed by atoms with Crippen LogP contribution >= 0.6 is 0 Å². The van der Waals surface area contributed by atoms with Gasteiger partial charge in [0, 0.05) is 38.9 Å². The first-order chi connectivity index (χ1) is 10.2. The monoisotopic (exact) mass is 288 g/mol. The maximum atomic E-state index is 11.3. The van der Waals surface area contributed by atoms with Gasteiger partial charge in [0.05, 0.1) is 5.69 Å². The molecule has 1 saturated heterocycles. The van der Waals surface area contributed by atoms with Crippen LogP contribution in [0.4, 0.5) is 4.79 Å². The van der Waals surface area contributed by atoms with Crippen LogP contribution in [0.25, 0.3) is 0 Å². The lowest BCUT2D eigenvalue weighted by atomic mass is 9.91. The van der Waals surface area contributed by atoms with Crippen LogP contribution in [0, 0.1) is 0 Å². The molecule has 0 atom stereocenters. The van der Waals surface area contributed by atoms with E-state index in [4.69, 9.17) is 5.73 Å². The number of aryl methyl sites for hydroxylation is 1. The number of hydrogen-bond acceptors (Lipinski definition) is 3. The number of carbonyl (C=O) groups is 1. The molecule has 1 aromatic heterocycles. The number of urea groups is 1. The molecule has 3 rings (SSSR count). The van der Waals surface area contributed by atoms with E-state index in [1.54, 1.807) is 4.90 Å². The van der Waals surface area contributed by atoms with Crippen LogP contribution in [-0.4, -0.2) is 47.0 Å². The highest BCUT2D eigenvalue weighted by Gasteiger charge is 2.20. The van der Waals surface area contributed by atoms with Gasteiger partial charge in [0.15, 0.2) is 0 Å². The Bertz CT molecular complexity index is 517. The average molecular weight is 288 g/mol. The first-order valence-electron chi connectivity index (χ1n) is 7.96. The van der Waals surface area contributed by atoms with Crippen LogP contribution in [0.2, 0.25) is 0 Å². The number of rotatable bonds is 2. The Kier molecular flexibility index (Phi) is 4.39. The Balaban J connectivity index is 1.68. The molecule has 0 bridgehead atoms. The van der Waals surface area contributed by atoms with Gasteiger partial charge in [-0.2, -0.15) is 0 Å². The van der Waals surface area contributed by atoms with Gasteiger partial charge in [0.2, 0.25) is 0 Å². The van der Waals surface area contributed by atoms with Crippen LogP contribution in [-0.2, 0) is 19.4 Å². The van der Waals surface area contributed by atoms with Crippen molar-refractivity contribution in [3.05, 3.63) is 29.1 Å². The summed E-state index contributed by atoms with van der Waals surface area (Å²) in [4.78, 5) is 20.1. The fraction of sp³-hybridized carbons (Fsp3) is 0.625. The van der Waals surface area contributed by atoms with E-state index in [0.29, 0.717) is 0 Å². The van der Waals surface area contributed by atoms with E-state index in [2.05, 4.69) is 16.0 Å². The van der Waals surface area contributed by atoms with E-state index in [0.717, 1.165) is 39.1 Å². The van der Waals surface area contributed by atoms with Crippen molar-refractivity contribution in [3.8, 4) is 0 Å². The van der Waals surface area contributed by atoms with Gasteiger partial charge < -0.3 is 10.6 Å². The number of amides is 2. The van der Waals surface area contributed by atoms with Crippen molar-refractivity contribution in [2.45, 2.75) is 38.6 Å². The highest BCUT2D eigenvalue weighted by Crippen LogP contribution is 2.24. The topological polar surface area (TPSA) is 62.5 Å². The minimum absolute atomic E-state index is 0.299. The second kappa shape index (κ2) is 6.43. The zero-order chi connectivity index (χ0) is 14.7. The Hall–Kier alpha value is -1.62. The number of aromatic nitrogens is 1. The van der Waals surface area contributed by atoms with Gasteiger partial charge in [-0.05, 0) is 49.3 Å². The van der Waals surface area contributed by atoms with Crippen LogP contribution in [0.1, 0.15) is 36.1 Å². The fourth-order valence-corrected chi connectivity index (χ4v) is 3.43. The third kappa shape index (κ3) is 3.35. The molecule has 2 N–H and O–H groups in total. The van der Waals surface area contributed by atoms with Crippen molar-refractivity contribution in [2.24, 2.45) is 5.73 Å². The van der Waals surface area contributed by atoms with E-state index in [1.807, 2.05) is 6.20 Å². The molecule has 1 fully saturated rings. The van der Waals surface area contributed by atoms with Crippen LogP contribution in [0.3, 0.4) is 0 Å². The third-order valence-corrected chi connectivity index (χ3v) is 4.64. The van der Waals surface area contributed by atoms with Crippen molar-refractivity contribution < 1.29 is 4.79 Å². The number of hydrogen-bond donors (Lipinski definition) is 1. The zero-order valence-electron chi connectivity index (χ0n) is 12.6. The summed E-state index contributed by atoms with van der Waals surface area (Å²) in [5, 5.41) is 0. The van der Waals surface area contributed by atoms with Gasteiger partial charge >= 0.3 is 6.03 Å². The van der Waals surface area contributed by atoms with E-state index < -0.39 is 0 Å². The number of pyridine rings is 1. The van der Waals surface area contributed by atoms with Crippen LogP contribution in [0.5, 0.6) is 0 Å². The molecule has 2 aliphatic rings. The molecule has 2 heterocycles. The maximum Gasteiger partial charge on any atom is 0.314 e. The number of nitrogens with two attached hydrogens (primary N) is 1. The van der Waals surface area contributed by atoms with Crippen molar-refractivity contribution in [2.75, 3.05) is 26.2 Å². The number of carbonyl (C=O) groups excluding carboxylic acids is 1. The molecule has 1 aromatic rings. The molecule has 21 heavy (non-hydrogen) atoms. The van der Waals surface area contributed by atoms with Gasteiger partial charge in [0.1, 0.15) is 0 Å². The Labute approximate surface area is 126 Å². The molecule has 0 unspecified atom stereocenters. The minimum atomic E-state index is -0.299. The lowest BCUT2D eigenvalue weighted by Gasteiger charge is -2.24. The summed E-state index contributed by atoms with van der Waals surface area (Å²) in [7, 11) is 0. The summed E-state index contributed by atoms with van der Waals surface area (Å²) in [5.41, 5.74) is 9.58. The molecular formula is C16H24N4O. The third-order valence-electron chi connectivity index (χ3n) is 4.64. The zero-order valence-corrected chi connectivity index (χ0v) is 12.6. The molecule has 1 aliphatic heterocycles. The van der Waals surface area contributed by atoms with Gasteiger partial charge in [0.25, 0.3) is 0 Å². The summed E-state index contributed by atoms with van der Waals surface area (Å²) < 4.78 is 0.